The lowest BCUT2D eigenvalue weighted by atomic mass is 10.1. The summed E-state index contributed by atoms with van der Waals surface area (Å²) in [6.07, 6.45) is -2.23. The molecule has 1 aliphatic rings. The van der Waals surface area contributed by atoms with Crippen molar-refractivity contribution in [1.82, 2.24) is 9.88 Å². The SMILES string of the molecule is Nc1nc(-c2ccc(CCCN3CCN(c4cccc(C(F)(F)F)c4)CC3)s2)cs1. The Hall–Kier alpha value is -2.10. The van der Waals surface area contributed by atoms with Gasteiger partial charge in [-0.3, -0.25) is 4.90 Å². The largest absolute Gasteiger partial charge is 0.416 e. The molecule has 1 aliphatic heterocycles. The quantitative estimate of drug-likeness (QED) is 0.557. The zero-order chi connectivity index (χ0) is 21.1. The molecular weight excluding hydrogens is 429 g/mol. The number of benzene rings is 1. The molecule has 0 bridgehead atoms. The van der Waals surface area contributed by atoms with Gasteiger partial charge in [0.05, 0.1) is 16.1 Å². The first-order chi connectivity index (χ1) is 14.4. The van der Waals surface area contributed by atoms with Gasteiger partial charge in [-0.2, -0.15) is 13.2 Å². The number of aromatic nitrogens is 1. The number of thiophene rings is 1. The highest BCUT2D eigenvalue weighted by Gasteiger charge is 2.31. The number of alkyl halides is 3. The highest BCUT2D eigenvalue weighted by Crippen LogP contribution is 2.32. The maximum atomic E-state index is 12.9. The summed E-state index contributed by atoms with van der Waals surface area (Å²) in [5.74, 6) is 0. The Balaban J connectivity index is 1.23. The predicted octanol–water partition coefficient (Wildman–Crippen LogP) is 5.23. The number of piperazine rings is 1. The van der Waals surface area contributed by atoms with Crippen molar-refractivity contribution >= 4 is 33.5 Å². The molecule has 4 nitrogen and oxygen atoms in total. The van der Waals surface area contributed by atoms with Crippen LogP contribution in [0.1, 0.15) is 16.9 Å². The Kier molecular flexibility index (Phi) is 6.31. The highest BCUT2D eigenvalue weighted by molar-refractivity contribution is 7.16. The molecule has 0 spiro atoms. The molecule has 1 fully saturated rings. The van der Waals surface area contributed by atoms with E-state index in [1.807, 2.05) is 10.3 Å². The van der Waals surface area contributed by atoms with Gasteiger partial charge in [0, 0.05) is 42.1 Å². The molecule has 4 rings (SSSR count). The fourth-order valence-electron chi connectivity index (χ4n) is 3.64. The Morgan fingerprint density at radius 2 is 1.87 bits per heavy atom. The van der Waals surface area contributed by atoms with E-state index < -0.39 is 11.7 Å². The van der Waals surface area contributed by atoms with Gasteiger partial charge in [0.2, 0.25) is 0 Å². The molecule has 0 amide bonds. The fraction of sp³-hybridized carbons (Fsp3) is 0.381. The summed E-state index contributed by atoms with van der Waals surface area (Å²) in [5.41, 5.74) is 6.72. The van der Waals surface area contributed by atoms with Crippen molar-refractivity contribution in [3.8, 4) is 10.6 Å². The van der Waals surface area contributed by atoms with E-state index in [0.29, 0.717) is 10.8 Å². The van der Waals surface area contributed by atoms with Crippen LogP contribution in [0.3, 0.4) is 0 Å². The van der Waals surface area contributed by atoms with Gasteiger partial charge in [-0.05, 0) is 49.7 Å². The molecular formula is C21H23F3N4S2. The molecule has 9 heteroatoms. The molecule has 1 saturated heterocycles. The van der Waals surface area contributed by atoms with E-state index >= 15 is 0 Å². The maximum absolute atomic E-state index is 12.9. The van der Waals surface area contributed by atoms with Crippen LogP contribution >= 0.6 is 22.7 Å². The van der Waals surface area contributed by atoms with Crippen LogP contribution in [0.2, 0.25) is 0 Å². The number of hydrogen-bond acceptors (Lipinski definition) is 6. The van der Waals surface area contributed by atoms with Crippen LogP contribution in [0.5, 0.6) is 0 Å². The average molecular weight is 453 g/mol. The second-order valence-electron chi connectivity index (χ2n) is 7.32. The number of halogens is 3. The molecule has 0 aliphatic carbocycles. The van der Waals surface area contributed by atoms with Crippen molar-refractivity contribution < 1.29 is 13.2 Å². The number of aryl methyl sites for hydroxylation is 1. The highest BCUT2D eigenvalue weighted by atomic mass is 32.1. The Morgan fingerprint density at radius 3 is 2.57 bits per heavy atom. The predicted molar refractivity (Wildman–Crippen MR) is 118 cm³/mol. The van der Waals surface area contributed by atoms with Crippen LogP contribution in [0, 0.1) is 0 Å². The molecule has 3 aromatic rings. The van der Waals surface area contributed by atoms with Crippen molar-refractivity contribution in [3.05, 3.63) is 52.2 Å². The van der Waals surface area contributed by atoms with E-state index in [-0.39, 0.29) is 0 Å². The maximum Gasteiger partial charge on any atom is 0.416 e. The molecule has 30 heavy (non-hydrogen) atoms. The summed E-state index contributed by atoms with van der Waals surface area (Å²) in [6, 6.07) is 9.87. The molecule has 2 aromatic heterocycles. The molecule has 2 N–H and O–H groups in total. The monoisotopic (exact) mass is 452 g/mol. The molecule has 1 aromatic carbocycles. The van der Waals surface area contributed by atoms with Crippen LogP contribution in [0.25, 0.3) is 10.6 Å². The van der Waals surface area contributed by atoms with Gasteiger partial charge >= 0.3 is 6.18 Å². The van der Waals surface area contributed by atoms with E-state index in [1.54, 1.807) is 17.4 Å². The van der Waals surface area contributed by atoms with Crippen LogP contribution in [-0.2, 0) is 12.6 Å². The van der Waals surface area contributed by atoms with E-state index in [9.17, 15) is 13.2 Å². The topological polar surface area (TPSA) is 45.4 Å². The second kappa shape index (κ2) is 8.95. The number of thiazole rings is 1. The summed E-state index contributed by atoms with van der Waals surface area (Å²) < 4.78 is 38.8. The summed E-state index contributed by atoms with van der Waals surface area (Å²) in [7, 11) is 0. The minimum atomic E-state index is -4.30. The number of hydrogen-bond donors (Lipinski definition) is 1. The van der Waals surface area contributed by atoms with E-state index in [4.69, 9.17) is 5.73 Å². The van der Waals surface area contributed by atoms with Crippen molar-refractivity contribution in [2.45, 2.75) is 19.0 Å². The zero-order valence-corrected chi connectivity index (χ0v) is 18.0. The third kappa shape index (κ3) is 5.14. The summed E-state index contributed by atoms with van der Waals surface area (Å²) >= 11 is 3.21. The molecule has 3 heterocycles. The number of rotatable bonds is 6. The van der Waals surface area contributed by atoms with Gasteiger partial charge in [-0.1, -0.05) is 6.07 Å². The Bertz CT molecular complexity index is 975. The van der Waals surface area contributed by atoms with Crippen molar-refractivity contribution in [1.29, 1.82) is 0 Å². The van der Waals surface area contributed by atoms with Gasteiger partial charge in [0.25, 0.3) is 0 Å². The lowest BCUT2D eigenvalue weighted by Gasteiger charge is -2.36. The first kappa shape index (κ1) is 21.1. The average Bonchev–Trinajstić information content (AvgIpc) is 3.37. The van der Waals surface area contributed by atoms with Crippen molar-refractivity contribution in [2.24, 2.45) is 0 Å². The van der Waals surface area contributed by atoms with Crippen molar-refractivity contribution in [3.63, 3.8) is 0 Å². The van der Waals surface area contributed by atoms with Gasteiger partial charge < -0.3 is 10.6 Å². The first-order valence-electron chi connectivity index (χ1n) is 9.83. The van der Waals surface area contributed by atoms with E-state index in [0.717, 1.165) is 62.2 Å². The number of anilines is 2. The van der Waals surface area contributed by atoms with Crippen LogP contribution in [0.15, 0.2) is 41.8 Å². The summed E-state index contributed by atoms with van der Waals surface area (Å²) in [4.78, 5) is 11.2. The van der Waals surface area contributed by atoms with Gasteiger partial charge in [-0.25, -0.2) is 4.98 Å². The normalized spacial score (nSPS) is 15.6. The number of nitrogen functional groups attached to an aromatic ring is 1. The van der Waals surface area contributed by atoms with Gasteiger partial charge in [0.1, 0.15) is 0 Å². The third-order valence-corrected chi connectivity index (χ3v) is 7.09. The Labute approximate surface area is 181 Å². The molecule has 0 unspecified atom stereocenters. The minimum absolute atomic E-state index is 0.585. The second-order valence-corrected chi connectivity index (χ2v) is 9.38. The molecule has 0 saturated carbocycles. The minimum Gasteiger partial charge on any atom is -0.375 e. The standard InChI is InChI=1S/C21H23F3N4S2/c22-21(23,24)15-3-1-4-16(13-15)28-11-9-27(10-12-28)8-2-5-17-6-7-19(30-17)18-14-29-20(25)26-18/h1,3-4,6-7,13-14H,2,5,8-12H2,(H2,25,26). The summed E-state index contributed by atoms with van der Waals surface area (Å²) in [6.45, 7) is 4.22. The molecule has 0 atom stereocenters. The van der Waals surface area contributed by atoms with Crippen molar-refractivity contribution in [2.75, 3.05) is 43.4 Å². The number of nitrogens with zero attached hydrogens (tertiary/aromatic N) is 3. The summed E-state index contributed by atoms with van der Waals surface area (Å²) in [5, 5.41) is 2.57. The van der Waals surface area contributed by atoms with Gasteiger partial charge in [-0.15, -0.1) is 22.7 Å². The Morgan fingerprint density at radius 1 is 1.07 bits per heavy atom. The van der Waals surface area contributed by atoms with Crippen LogP contribution in [0.4, 0.5) is 24.0 Å². The lowest BCUT2D eigenvalue weighted by molar-refractivity contribution is -0.137. The molecule has 0 radical (unpaired) electrons. The van der Waals surface area contributed by atoms with E-state index in [1.165, 1.54) is 28.3 Å². The van der Waals surface area contributed by atoms with Crippen LogP contribution in [-0.4, -0.2) is 42.6 Å². The van der Waals surface area contributed by atoms with E-state index in [2.05, 4.69) is 22.0 Å². The van der Waals surface area contributed by atoms with Crippen LogP contribution < -0.4 is 10.6 Å². The third-order valence-electron chi connectivity index (χ3n) is 5.24. The molecule has 160 valence electrons. The fourth-order valence-corrected chi connectivity index (χ4v) is 5.28. The first-order valence-corrected chi connectivity index (χ1v) is 11.5. The number of nitrogens with two attached hydrogens (primary N) is 1. The zero-order valence-electron chi connectivity index (χ0n) is 16.4. The smallest absolute Gasteiger partial charge is 0.375 e. The lowest BCUT2D eigenvalue weighted by Crippen LogP contribution is -2.46. The van der Waals surface area contributed by atoms with Gasteiger partial charge in [0.15, 0.2) is 5.13 Å².